The van der Waals surface area contributed by atoms with E-state index in [-0.39, 0.29) is 22.5 Å². The van der Waals surface area contributed by atoms with E-state index < -0.39 is 42.7 Å². The first-order valence-corrected chi connectivity index (χ1v) is 7.56. The molecule has 2 aromatic rings. The Morgan fingerprint density at radius 3 is 2.52 bits per heavy atom. The molecule has 136 valence electrons. The van der Waals surface area contributed by atoms with Crippen LogP contribution in [-0.2, 0) is 4.74 Å². The topological polar surface area (TPSA) is 150 Å². The maximum atomic E-state index is 12.0. The lowest BCUT2D eigenvalue weighted by Gasteiger charge is -2.39. The largest absolute Gasteiger partial charge is 0.508 e. The summed E-state index contributed by atoms with van der Waals surface area (Å²) in [5.74, 6) is -0.0646. The van der Waals surface area contributed by atoms with Crippen molar-refractivity contribution in [2.75, 3.05) is 6.61 Å². The van der Waals surface area contributed by atoms with E-state index in [4.69, 9.17) is 13.9 Å². The number of rotatable bonds is 3. The summed E-state index contributed by atoms with van der Waals surface area (Å²) in [4.78, 5) is 12.0. The molecule has 2 heterocycles. The van der Waals surface area contributed by atoms with Crippen LogP contribution >= 0.6 is 0 Å². The molecule has 0 bridgehead atoms. The highest BCUT2D eigenvalue weighted by molar-refractivity contribution is 5.84. The number of aliphatic hydroxyl groups is 4. The second-order valence-electron chi connectivity index (χ2n) is 5.86. The summed E-state index contributed by atoms with van der Waals surface area (Å²) >= 11 is 0. The van der Waals surface area contributed by atoms with Gasteiger partial charge in [-0.1, -0.05) is 0 Å². The molecule has 3 rings (SSSR count). The maximum absolute atomic E-state index is 12.0. The zero-order chi connectivity index (χ0) is 18.3. The highest BCUT2D eigenvalue weighted by Crippen LogP contribution is 2.32. The Morgan fingerprint density at radius 1 is 1.12 bits per heavy atom. The number of fused-ring (bicyclic) bond motifs is 1. The quantitative estimate of drug-likeness (QED) is 0.467. The van der Waals surface area contributed by atoms with Crippen LogP contribution in [0.5, 0.6) is 11.5 Å². The standard InChI is InChI=1S/C16H18O9/c1-6-2-9(19)8-3-7(18)4-10(15(8)23-6)24-16-14(22)13(21)12(20)11(5-17)25-16/h2-4,11-14,16-18,20-22H,5H2,1H3/t11-,12+,13+,14-,16+/m0/s1. The van der Waals surface area contributed by atoms with Gasteiger partial charge in [0.15, 0.2) is 16.8 Å². The van der Waals surface area contributed by atoms with Gasteiger partial charge in [-0.3, -0.25) is 4.79 Å². The van der Waals surface area contributed by atoms with E-state index in [9.17, 15) is 30.3 Å². The van der Waals surface area contributed by atoms with Gasteiger partial charge in [0.25, 0.3) is 0 Å². The van der Waals surface area contributed by atoms with Gasteiger partial charge in [0, 0.05) is 12.1 Å². The van der Waals surface area contributed by atoms with Gasteiger partial charge in [0.1, 0.15) is 35.9 Å². The predicted octanol–water partition coefficient (Wildman–Crippen LogP) is -1.01. The van der Waals surface area contributed by atoms with Crippen LogP contribution in [0.15, 0.2) is 27.4 Å². The molecule has 5 atom stereocenters. The first kappa shape index (κ1) is 17.6. The number of benzene rings is 1. The number of phenolic OH excluding ortho intramolecular Hbond substituents is 1. The zero-order valence-corrected chi connectivity index (χ0v) is 13.2. The summed E-state index contributed by atoms with van der Waals surface area (Å²) < 4.78 is 16.2. The highest BCUT2D eigenvalue weighted by Gasteiger charge is 2.45. The minimum atomic E-state index is -1.63. The third kappa shape index (κ3) is 3.20. The summed E-state index contributed by atoms with van der Waals surface area (Å²) in [6.45, 7) is 0.950. The summed E-state index contributed by atoms with van der Waals surface area (Å²) in [5.41, 5.74) is -0.368. The Hall–Kier alpha value is -2.17. The number of aromatic hydroxyl groups is 1. The molecule has 0 saturated carbocycles. The molecular weight excluding hydrogens is 336 g/mol. The summed E-state index contributed by atoms with van der Waals surface area (Å²) in [6, 6.07) is 3.62. The maximum Gasteiger partial charge on any atom is 0.229 e. The number of aliphatic hydroxyl groups excluding tert-OH is 4. The fraction of sp³-hybridized carbons (Fsp3) is 0.438. The molecule has 9 heteroatoms. The lowest BCUT2D eigenvalue weighted by molar-refractivity contribution is -0.277. The molecule has 1 saturated heterocycles. The molecule has 0 unspecified atom stereocenters. The summed E-state index contributed by atoms with van der Waals surface area (Å²) in [6.07, 6.45) is -7.40. The van der Waals surface area contributed by atoms with Gasteiger partial charge in [-0.2, -0.15) is 0 Å². The van der Waals surface area contributed by atoms with Crippen LogP contribution in [-0.4, -0.2) is 62.8 Å². The smallest absolute Gasteiger partial charge is 0.229 e. The fourth-order valence-electron chi connectivity index (χ4n) is 2.71. The monoisotopic (exact) mass is 354 g/mol. The van der Waals surface area contributed by atoms with Crippen molar-refractivity contribution in [2.45, 2.75) is 37.6 Å². The molecule has 25 heavy (non-hydrogen) atoms. The average Bonchev–Trinajstić information content (AvgIpc) is 2.56. The van der Waals surface area contributed by atoms with Crippen LogP contribution in [0, 0.1) is 6.92 Å². The second-order valence-corrected chi connectivity index (χ2v) is 5.86. The van der Waals surface area contributed by atoms with E-state index in [0.29, 0.717) is 5.76 Å². The molecule has 0 spiro atoms. The third-order valence-electron chi connectivity index (χ3n) is 3.99. The van der Waals surface area contributed by atoms with Crippen molar-refractivity contribution < 1.29 is 39.4 Å². The van der Waals surface area contributed by atoms with Crippen LogP contribution in [0.1, 0.15) is 5.76 Å². The normalized spacial score (nSPS) is 29.7. The Bertz CT molecular complexity index is 828. The van der Waals surface area contributed by atoms with Crippen LogP contribution in [0.3, 0.4) is 0 Å². The molecule has 1 fully saturated rings. The molecule has 9 nitrogen and oxygen atoms in total. The molecular formula is C16H18O9. The minimum absolute atomic E-state index is 0.0276. The fourth-order valence-corrected chi connectivity index (χ4v) is 2.71. The highest BCUT2D eigenvalue weighted by atomic mass is 16.7. The molecule has 1 aromatic heterocycles. The Balaban J connectivity index is 2.01. The van der Waals surface area contributed by atoms with E-state index in [2.05, 4.69) is 0 Å². The second kappa shape index (κ2) is 6.62. The van der Waals surface area contributed by atoms with Crippen molar-refractivity contribution in [3.05, 3.63) is 34.2 Å². The first-order valence-electron chi connectivity index (χ1n) is 7.56. The summed E-state index contributed by atoms with van der Waals surface area (Å²) in [5, 5.41) is 48.7. The molecule has 1 aliphatic rings. The molecule has 0 radical (unpaired) electrons. The van der Waals surface area contributed by atoms with Crippen molar-refractivity contribution in [1.82, 2.24) is 0 Å². The summed E-state index contributed by atoms with van der Waals surface area (Å²) in [7, 11) is 0. The number of phenols is 1. The lowest BCUT2D eigenvalue weighted by atomic mass is 9.99. The third-order valence-corrected chi connectivity index (χ3v) is 3.99. The molecule has 0 amide bonds. The van der Waals surface area contributed by atoms with Crippen molar-refractivity contribution in [3.63, 3.8) is 0 Å². The van der Waals surface area contributed by atoms with E-state index in [1.807, 2.05) is 0 Å². The predicted molar refractivity (Wildman–Crippen MR) is 83.3 cm³/mol. The Labute approximate surface area is 141 Å². The van der Waals surface area contributed by atoms with Gasteiger partial charge in [0.05, 0.1) is 12.0 Å². The minimum Gasteiger partial charge on any atom is -0.508 e. The van der Waals surface area contributed by atoms with E-state index in [1.165, 1.54) is 12.1 Å². The molecule has 1 aromatic carbocycles. The molecule has 0 aliphatic carbocycles. The van der Waals surface area contributed by atoms with Gasteiger partial charge in [-0.25, -0.2) is 0 Å². The van der Waals surface area contributed by atoms with E-state index >= 15 is 0 Å². The number of hydrogen-bond donors (Lipinski definition) is 5. The Kier molecular flexibility index (Phi) is 4.67. The molecule has 1 aliphatic heterocycles. The zero-order valence-electron chi connectivity index (χ0n) is 13.2. The SMILES string of the molecule is Cc1cc(=O)c2cc(O)cc(O[C@@H]3O[C@@H](CO)[C@@H](O)[C@@H](O)[C@@H]3O)c2o1. The van der Waals surface area contributed by atoms with Gasteiger partial charge in [0.2, 0.25) is 6.29 Å². The van der Waals surface area contributed by atoms with Gasteiger partial charge in [-0.15, -0.1) is 0 Å². The van der Waals surface area contributed by atoms with E-state index in [0.717, 1.165) is 6.07 Å². The molecule has 5 N–H and O–H groups in total. The van der Waals surface area contributed by atoms with Gasteiger partial charge in [-0.05, 0) is 13.0 Å². The van der Waals surface area contributed by atoms with Crippen LogP contribution in [0.25, 0.3) is 11.0 Å². The number of hydrogen-bond acceptors (Lipinski definition) is 9. The van der Waals surface area contributed by atoms with Crippen LogP contribution < -0.4 is 10.2 Å². The van der Waals surface area contributed by atoms with E-state index in [1.54, 1.807) is 6.92 Å². The number of aryl methyl sites for hydroxylation is 1. The van der Waals surface area contributed by atoms with Crippen LogP contribution in [0.4, 0.5) is 0 Å². The van der Waals surface area contributed by atoms with Crippen LogP contribution in [0.2, 0.25) is 0 Å². The van der Waals surface area contributed by atoms with Crippen molar-refractivity contribution in [1.29, 1.82) is 0 Å². The van der Waals surface area contributed by atoms with Gasteiger partial charge >= 0.3 is 0 Å². The number of ether oxygens (including phenoxy) is 2. The van der Waals surface area contributed by atoms with Crippen molar-refractivity contribution in [3.8, 4) is 11.5 Å². The van der Waals surface area contributed by atoms with Crippen molar-refractivity contribution in [2.24, 2.45) is 0 Å². The lowest BCUT2D eigenvalue weighted by Crippen LogP contribution is -2.60. The average molecular weight is 354 g/mol. The van der Waals surface area contributed by atoms with Crippen molar-refractivity contribution >= 4 is 11.0 Å². The van der Waals surface area contributed by atoms with Gasteiger partial charge < -0.3 is 39.4 Å². The first-order chi connectivity index (χ1) is 11.8. The Morgan fingerprint density at radius 2 is 1.84 bits per heavy atom.